The van der Waals surface area contributed by atoms with Gasteiger partial charge in [-0.25, -0.2) is 4.79 Å². The number of benzene rings is 1. The van der Waals surface area contributed by atoms with E-state index in [4.69, 9.17) is 18.6 Å². The minimum atomic E-state index is -0.705. The summed E-state index contributed by atoms with van der Waals surface area (Å²) >= 11 is 1.65. The summed E-state index contributed by atoms with van der Waals surface area (Å²) in [7, 11) is 0. The molecule has 10 nitrogen and oxygen atoms in total. The number of aryl methyl sites for hydroxylation is 2. The summed E-state index contributed by atoms with van der Waals surface area (Å²) in [5, 5.41) is 19.3. The van der Waals surface area contributed by atoms with Gasteiger partial charge in [0.25, 0.3) is 17.5 Å². The number of nitro groups is 1. The Kier molecular flexibility index (Phi) is 5.31. The Morgan fingerprint density at radius 3 is 2.81 bits per heavy atom. The normalized spacial score (nSPS) is 14.5. The third-order valence-electron chi connectivity index (χ3n) is 5.13. The van der Waals surface area contributed by atoms with E-state index >= 15 is 0 Å². The maximum Gasteiger partial charge on any atom is 0.331 e. The Labute approximate surface area is 185 Å². The van der Waals surface area contributed by atoms with Crippen molar-refractivity contribution in [1.29, 1.82) is 0 Å². The molecule has 3 aromatic rings. The quantitative estimate of drug-likeness (QED) is 0.234. The monoisotopic (exact) mass is 455 g/mol. The molecule has 32 heavy (non-hydrogen) atoms. The molecule has 0 N–H and O–H groups in total. The van der Waals surface area contributed by atoms with Crippen LogP contribution in [0.25, 0.3) is 16.8 Å². The first-order valence-corrected chi connectivity index (χ1v) is 10.8. The van der Waals surface area contributed by atoms with Crippen LogP contribution in [0.2, 0.25) is 0 Å². The predicted octanol–water partition coefficient (Wildman–Crippen LogP) is 4.07. The summed E-state index contributed by atoms with van der Waals surface area (Å²) in [4.78, 5) is 25.1. The van der Waals surface area contributed by atoms with Crippen LogP contribution >= 0.6 is 11.3 Å². The first-order chi connectivity index (χ1) is 15.6. The summed E-state index contributed by atoms with van der Waals surface area (Å²) in [5.41, 5.74) is 1.32. The lowest BCUT2D eigenvalue weighted by atomic mass is 9.99. The summed E-state index contributed by atoms with van der Waals surface area (Å²) < 4.78 is 21.1. The van der Waals surface area contributed by atoms with Crippen molar-refractivity contribution < 1.29 is 28.3 Å². The smallest absolute Gasteiger partial charge is 0.331 e. The number of carbonyl (C=O) groups is 1. The van der Waals surface area contributed by atoms with Gasteiger partial charge in [-0.15, -0.1) is 21.5 Å². The number of fused-ring (bicyclic) bond motifs is 2. The predicted molar refractivity (Wildman–Crippen MR) is 112 cm³/mol. The zero-order valence-electron chi connectivity index (χ0n) is 16.7. The molecular formula is C21H17N3O7S. The van der Waals surface area contributed by atoms with Gasteiger partial charge in [0.15, 0.2) is 18.1 Å². The molecule has 2 aliphatic rings. The van der Waals surface area contributed by atoms with Crippen LogP contribution in [0.1, 0.15) is 34.7 Å². The second-order valence-electron chi connectivity index (χ2n) is 7.23. The van der Waals surface area contributed by atoms with Crippen LogP contribution in [-0.4, -0.2) is 27.9 Å². The Hall–Kier alpha value is -3.73. The summed E-state index contributed by atoms with van der Waals surface area (Å²) in [6.07, 6.45) is 6.91. The van der Waals surface area contributed by atoms with Gasteiger partial charge < -0.3 is 18.6 Å². The highest BCUT2D eigenvalue weighted by Gasteiger charge is 2.22. The molecule has 0 bridgehead atoms. The van der Waals surface area contributed by atoms with Gasteiger partial charge in [-0.3, -0.25) is 10.1 Å². The molecule has 0 atom stereocenters. The fourth-order valence-electron chi connectivity index (χ4n) is 3.58. The zero-order valence-corrected chi connectivity index (χ0v) is 17.6. The Bertz CT molecular complexity index is 1210. The molecular weight excluding hydrogens is 438 g/mol. The van der Waals surface area contributed by atoms with Crippen molar-refractivity contribution in [1.82, 2.24) is 10.2 Å². The standard InChI is InChI=1S/C21H17N3O7S/c25-20(6-5-12-7-15-16(30-11-29-15)9-14(12)24(26)27)28-10-19-22-23-21(31-19)18-8-13-3-1-2-4-17(13)32-18/h5-9H,1-4,10-11H2. The topological polar surface area (TPSA) is 127 Å². The molecule has 1 aliphatic heterocycles. The van der Waals surface area contributed by atoms with E-state index in [1.807, 2.05) is 0 Å². The highest BCUT2D eigenvalue weighted by Crippen LogP contribution is 2.38. The van der Waals surface area contributed by atoms with Crippen LogP contribution in [0.3, 0.4) is 0 Å². The van der Waals surface area contributed by atoms with E-state index in [0.29, 0.717) is 11.6 Å². The van der Waals surface area contributed by atoms with Crippen molar-refractivity contribution >= 4 is 29.1 Å². The number of ether oxygens (including phenoxy) is 3. The van der Waals surface area contributed by atoms with Gasteiger partial charge in [0.1, 0.15) is 0 Å². The number of nitrogens with zero attached hydrogens (tertiary/aromatic N) is 3. The summed E-state index contributed by atoms with van der Waals surface area (Å²) in [5.74, 6) is 0.528. The third kappa shape index (κ3) is 4.06. The molecule has 0 saturated carbocycles. The third-order valence-corrected chi connectivity index (χ3v) is 6.35. The van der Waals surface area contributed by atoms with Gasteiger partial charge in [0.2, 0.25) is 6.79 Å². The van der Waals surface area contributed by atoms with Crippen LogP contribution in [0.4, 0.5) is 5.69 Å². The molecule has 1 aromatic carbocycles. The molecule has 2 aromatic heterocycles. The molecule has 1 aliphatic carbocycles. The second kappa shape index (κ2) is 8.42. The van der Waals surface area contributed by atoms with Crippen LogP contribution in [-0.2, 0) is 29.0 Å². The summed E-state index contributed by atoms with van der Waals surface area (Å²) in [6.45, 7) is -0.216. The molecule has 164 valence electrons. The average molecular weight is 455 g/mol. The number of esters is 1. The van der Waals surface area contributed by atoms with Crippen molar-refractivity contribution in [3.8, 4) is 22.3 Å². The maximum absolute atomic E-state index is 12.1. The average Bonchev–Trinajstić information content (AvgIpc) is 3.53. The van der Waals surface area contributed by atoms with E-state index < -0.39 is 10.9 Å². The summed E-state index contributed by atoms with van der Waals surface area (Å²) in [6, 6.07) is 4.79. The van der Waals surface area contributed by atoms with Crippen molar-refractivity contribution in [2.45, 2.75) is 32.3 Å². The van der Waals surface area contributed by atoms with Crippen LogP contribution < -0.4 is 9.47 Å². The molecule has 11 heteroatoms. The molecule has 0 spiro atoms. The van der Waals surface area contributed by atoms with E-state index in [1.54, 1.807) is 11.3 Å². The Morgan fingerprint density at radius 2 is 2.00 bits per heavy atom. The molecule has 0 fully saturated rings. The number of carbonyl (C=O) groups excluding carboxylic acids is 1. The number of thiophene rings is 1. The lowest BCUT2D eigenvalue weighted by molar-refractivity contribution is -0.385. The highest BCUT2D eigenvalue weighted by atomic mass is 32.1. The number of rotatable bonds is 6. The van der Waals surface area contributed by atoms with Crippen molar-refractivity contribution in [2.24, 2.45) is 0 Å². The fraction of sp³-hybridized carbons (Fsp3) is 0.286. The number of hydrogen-bond acceptors (Lipinski definition) is 10. The van der Waals surface area contributed by atoms with Crippen molar-refractivity contribution in [3.05, 3.63) is 56.3 Å². The minimum Gasteiger partial charge on any atom is -0.454 e. The second-order valence-corrected chi connectivity index (χ2v) is 8.37. The minimum absolute atomic E-state index is 0.0119. The van der Waals surface area contributed by atoms with Gasteiger partial charge in [-0.05, 0) is 49.5 Å². The first kappa shape index (κ1) is 20.2. The van der Waals surface area contributed by atoms with Crippen molar-refractivity contribution in [2.75, 3.05) is 6.79 Å². The molecule has 0 unspecified atom stereocenters. The van der Waals surface area contributed by atoms with Gasteiger partial charge in [-0.1, -0.05) is 0 Å². The van der Waals surface area contributed by atoms with Crippen LogP contribution in [0.5, 0.6) is 11.5 Å². The van der Waals surface area contributed by atoms with E-state index in [-0.39, 0.29) is 36.3 Å². The molecule has 0 saturated heterocycles. The van der Waals surface area contributed by atoms with E-state index in [1.165, 1.54) is 41.5 Å². The van der Waals surface area contributed by atoms with E-state index in [2.05, 4.69) is 16.3 Å². The number of aromatic nitrogens is 2. The van der Waals surface area contributed by atoms with Crippen molar-refractivity contribution in [3.63, 3.8) is 0 Å². The van der Waals surface area contributed by atoms with Crippen LogP contribution in [0, 0.1) is 10.1 Å². The maximum atomic E-state index is 12.1. The van der Waals surface area contributed by atoms with Gasteiger partial charge in [0.05, 0.1) is 21.4 Å². The largest absolute Gasteiger partial charge is 0.454 e. The Morgan fingerprint density at radius 1 is 1.19 bits per heavy atom. The Balaban J connectivity index is 1.23. The van der Waals surface area contributed by atoms with E-state index in [9.17, 15) is 14.9 Å². The van der Waals surface area contributed by atoms with Crippen LogP contribution in [0.15, 0.2) is 28.7 Å². The lowest BCUT2D eigenvalue weighted by Crippen LogP contribution is -2.01. The number of nitro benzene ring substituents is 1. The SMILES string of the molecule is O=C(C=Cc1cc2c(cc1[N+](=O)[O-])OCO2)OCc1nnc(-c2cc3c(s2)CCCC3)o1. The fourth-order valence-corrected chi connectivity index (χ4v) is 4.76. The van der Waals surface area contributed by atoms with Gasteiger partial charge >= 0.3 is 5.97 Å². The van der Waals surface area contributed by atoms with E-state index in [0.717, 1.165) is 23.8 Å². The zero-order chi connectivity index (χ0) is 22.1. The number of hydrogen-bond donors (Lipinski definition) is 0. The molecule has 3 heterocycles. The molecule has 0 radical (unpaired) electrons. The van der Waals surface area contributed by atoms with Gasteiger partial charge in [0, 0.05) is 11.0 Å². The molecule has 0 amide bonds. The molecule has 5 rings (SSSR count). The highest BCUT2D eigenvalue weighted by molar-refractivity contribution is 7.15. The lowest BCUT2D eigenvalue weighted by Gasteiger charge is -2.08. The van der Waals surface area contributed by atoms with Gasteiger partial charge in [-0.2, -0.15) is 0 Å². The first-order valence-electron chi connectivity index (χ1n) is 9.94.